The molecular weight excluding hydrogens is 433 g/mol. The van der Waals surface area contributed by atoms with Crippen molar-refractivity contribution in [2.75, 3.05) is 40.1 Å². The fourth-order valence-electron chi connectivity index (χ4n) is 2.51. The summed E-state index contributed by atoms with van der Waals surface area (Å²) >= 11 is 1.62. The fourth-order valence-corrected chi connectivity index (χ4v) is 3.52. The SMILES string of the molecule is C/C=C(\C=C/COC)CCCCSC(=NCC(C)C)c1ccc(C(F)(F)F)cc1.CNC. The normalized spacial score (nSPS) is 12.9. The molecule has 32 heavy (non-hydrogen) atoms. The number of nitrogens with zero attached hydrogens (tertiary/aromatic N) is 1. The fraction of sp³-hybridized carbons (Fsp3) is 0.560. The Morgan fingerprint density at radius 3 is 2.28 bits per heavy atom. The van der Waals surface area contributed by atoms with Crippen molar-refractivity contribution in [3.8, 4) is 0 Å². The van der Waals surface area contributed by atoms with Crippen LogP contribution in [0.1, 0.15) is 51.2 Å². The molecule has 0 amide bonds. The van der Waals surface area contributed by atoms with E-state index in [0.29, 0.717) is 19.1 Å². The second-order valence-corrected chi connectivity index (χ2v) is 8.73. The molecule has 1 rings (SSSR count). The molecule has 0 aromatic heterocycles. The minimum Gasteiger partial charge on any atom is -0.381 e. The van der Waals surface area contributed by atoms with Gasteiger partial charge in [0, 0.05) is 19.2 Å². The van der Waals surface area contributed by atoms with Crippen LogP contribution in [-0.4, -0.2) is 45.2 Å². The molecule has 0 saturated heterocycles. The molecule has 0 bridgehead atoms. The third kappa shape index (κ3) is 14.5. The molecular formula is C25H39F3N2OS. The molecule has 0 heterocycles. The molecule has 1 aromatic rings. The van der Waals surface area contributed by atoms with E-state index in [9.17, 15) is 13.2 Å². The lowest BCUT2D eigenvalue weighted by molar-refractivity contribution is -0.137. The van der Waals surface area contributed by atoms with Crippen LogP contribution in [0.15, 0.2) is 53.1 Å². The van der Waals surface area contributed by atoms with Crippen LogP contribution >= 0.6 is 11.8 Å². The highest BCUT2D eigenvalue weighted by Crippen LogP contribution is 2.30. The standard InChI is InChI=1S/C23H32F3NOS.C2H7N/c1-5-19(10-8-15-28-4)9-6-7-16-29-22(27-17-18(2)3)20-11-13-21(14-12-20)23(24,25)26;1-3-2/h5,8,10-14,18H,6-7,9,15-17H2,1-4H3;3H,1-2H3/b10-8-,19-5-,27-22?;. The summed E-state index contributed by atoms with van der Waals surface area (Å²) in [6.07, 6.45) is 4.95. The Hall–Kier alpha value is -1.57. The average Bonchev–Trinajstić information content (AvgIpc) is 2.74. The molecule has 3 nitrogen and oxygen atoms in total. The number of alkyl halides is 3. The Kier molecular flexibility index (Phi) is 17.0. The summed E-state index contributed by atoms with van der Waals surface area (Å²) in [4.78, 5) is 4.65. The Labute approximate surface area is 196 Å². The van der Waals surface area contributed by atoms with Crippen molar-refractivity contribution in [2.45, 2.75) is 46.2 Å². The number of hydrogen-bond acceptors (Lipinski definition) is 4. The summed E-state index contributed by atoms with van der Waals surface area (Å²) in [6, 6.07) is 5.30. The maximum atomic E-state index is 12.8. The summed E-state index contributed by atoms with van der Waals surface area (Å²) in [5, 5.41) is 3.57. The van der Waals surface area contributed by atoms with Gasteiger partial charge >= 0.3 is 6.18 Å². The van der Waals surface area contributed by atoms with Gasteiger partial charge in [-0.15, -0.1) is 11.8 Å². The number of allylic oxidation sites excluding steroid dienone is 3. The lowest BCUT2D eigenvalue weighted by atomic mass is 10.1. The summed E-state index contributed by atoms with van der Waals surface area (Å²) < 4.78 is 43.4. The lowest BCUT2D eigenvalue weighted by Crippen LogP contribution is -2.06. The molecule has 0 unspecified atom stereocenters. The number of unbranched alkanes of at least 4 members (excludes halogenated alkanes) is 1. The monoisotopic (exact) mass is 472 g/mol. The molecule has 182 valence electrons. The van der Waals surface area contributed by atoms with Crippen molar-refractivity contribution >= 4 is 16.8 Å². The number of halogens is 3. The maximum Gasteiger partial charge on any atom is 0.416 e. The summed E-state index contributed by atoms with van der Waals surface area (Å²) in [5.74, 6) is 1.28. The van der Waals surface area contributed by atoms with Gasteiger partial charge in [-0.1, -0.05) is 49.8 Å². The molecule has 0 aliphatic carbocycles. The number of hydrogen-bond donors (Lipinski definition) is 1. The van der Waals surface area contributed by atoms with Crippen LogP contribution in [0.3, 0.4) is 0 Å². The quantitative estimate of drug-likeness (QED) is 0.163. The molecule has 0 aliphatic rings. The van der Waals surface area contributed by atoms with Crippen molar-refractivity contribution in [1.82, 2.24) is 5.32 Å². The Morgan fingerprint density at radius 2 is 1.78 bits per heavy atom. The van der Waals surface area contributed by atoms with Gasteiger partial charge < -0.3 is 10.1 Å². The van der Waals surface area contributed by atoms with Crippen molar-refractivity contribution in [2.24, 2.45) is 10.9 Å². The van der Waals surface area contributed by atoms with Crippen LogP contribution in [0.5, 0.6) is 0 Å². The van der Waals surface area contributed by atoms with E-state index in [1.54, 1.807) is 18.9 Å². The highest BCUT2D eigenvalue weighted by Gasteiger charge is 2.30. The smallest absolute Gasteiger partial charge is 0.381 e. The van der Waals surface area contributed by atoms with Crippen LogP contribution in [0.2, 0.25) is 0 Å². The van der Waals surface area contributed by atoms with E-state index in [4.69, 9.17) is 4.74 Å². The van der Waals surface area contributed by atoms with Gasteiger partial charge in [-0.05, 0) is 64.1 Å². The highest BCUT2D eigenvalue weighted by atomic mass is 32.2. The highest BCUT2D eigenvalue weighted by molar-refractivity contribution is 8.14. The van der Waals surface area contributed by atoms with Gasteiger partial charge in [0.1, 0.15) is 0 Å². The Morgan fingerprint density at radius 1 is 1.16 bits per heavy atom. The zero-order valence-corrected chi connectivity index (χ0v) is 21.1. The number of methoxy groups -OCH3 is 1. The average molecular weight is 473 g/mol. The van der Waals surface area contributed by atoms with Gasteiger partial charge in [0.2, 0.25) is 0 Å². The molecule has 7 heteroatoms. The maximum absolute atomic E-state index is 12.8. The van der Waals surface area contributed by atoms with Gasteiger partial charge in [0.25, 0.3) is 0 Å². The first-order chi connectivity index (χ1) is 15.2. The first-order valence-electron chi connectivity index (χ1n) is 10.9. The molecule has 1 N–H and O–H groups in total. The number of rotatable bonds is 11. The van der Waals surface area contributed by atoms with Crippen LogP contribution in [-0.2, 0) is 10.9 Å². The van der Waals surface area contributed by atoms with Gasteiger partial charge in [0.15, 0.2) is 0 Å². The zero-order chi connectivity index (χ0) is 24.4. The number of thioether (sulfide) groups is 1. The molecule has 0 radical (unpaired) electrons. The topological polar surface area (TPSA) is 33.6 Å². The second-order valence-electron chi connectivity index (χ2n) is 7.64. The second kappa shape index (κ2) is 17.9. The van der Waals surface area contributed by atoms with E-state index in [-0.39, 0.29) is 0 Å². The number of ether oxygens (including phenoxy) is 1. The third-order valence-corrected chi connectivity index (χ3v) is 5.25. The minimum atomic E-state index is -4.32. The van der Waals surface area contributed by atoms with Gasteiger partial charge in [0.05, 0.1) is 17.2 Å². The largest absolute Gasteiger partial charge is 0.416 e. The molecule has 1 aromatic carbocycles. The van der Waals surface area contributed by atoms with Crippen LogP contribution in [0, 0.1) is 5.92 Å². The lowest BCUT2D eigenvalue weighted by Gasteiger charge is -2.11. The Bertz CT molecular complexity index is 696. The zero-order valence-electron chi connectivity index (χ0n) is 20.3. The van der Waals surface area contributed by atoms with Crippen LogP contribution in [0.4, 0.5) is 13.2 Å². The summed E-state index contributed by atoms with van der Waals surface area (Å²) in [6.45, 7) is 7.46. The van der Waals surface area contributed by atoms with Crippen LogP contribution in [0.25, 0.3) is 0 Å². The van der Waals surface area contributed by atoms with E-state index in [2.05, 4.69) is 36.3 Å². The molecule has 0 fully saturated rings. The van der Waals surface area contributed by atoms with E-state index in [1.165, 1.54) is 17.7 Å². The first-order valence-corrected chi connectivity index (χ1v) is 11.9. The first kappa shape index (κ1) is 30.4. The summed E-state index contributed by atoms with van der Waals surface area (Å²) in [7, 11) is 5.42. The molecule has 0 atom stereocenters. The van der Waals surface area contributed by atoms with Gasteiger partial charge in [-0.25, -0.2) is 0 Å². The number of benzene rings is 1. The number of aliphatic imine (C=N–C) groups is 1. The predicted octanol–water partition coefficient (Wildman–Crippen LogP) is 7.00. The van der Waals surface area contributed by atoms with Crippen molar-refractivity contribution in [3.63, 3.8) is 0 Å². The Balaban J connectivity index is 0.00000302. The predicted molar refractivity (Wildman–Crippen MR) is 134 cm³/mol. The van der Waals surface area contributed by atoms with E-state index in [1.807, 2.05) is 27.1 Å². The van der Waals surface area contributed by atoms with Crippen LogP contribution < -0.4 is 5.32 Å². The molecule has 0 spiro atoms. The molecule has 0 aliphatic heterocycles. The van der Waals surface area contributed by atoms with E-state index in [0.717, 1.165) is 47.8 Å². The number of nitrogens with one attached hydrogen (secondary N) is 1. The van der Waals surface area contributed by atoms with Crippen molar-refractivity contribution in [1.29, 1.82) is 0 Å². The van der Waals surface area contributed by atoms with Crippen molar-refractivity contribution in [3.05, 3.63) is 59.2 Å². The minimum absolute atomic E-state index is 0.399. The third-order valence-electron chi connectivity index (χ3n) is 4.12. The van der Waals surface area contributed by atoms with Gasteiger partial charge in [-0.2, -0.15) is 13.2 Å². The van der Waals surface area contributed by atoms with Crippen molar-refractivity contribution < 1.29 is 17.9 Å². The summed E-state index contributed by atoms with van der Waals surface area (Å²) in [5.41, 5.74) is 1.40. The van der Waals surface area contributed by atoms with Gasteiger partial charge in [-0.3, -0.25) is 4.99 Å². The van der Waals surface area contributed by atoms with E-state index >= 15 is 0 Å². The molecule has 0 saturated carbocycles. The van der Waals surface area contributed by atoms with E-state index < -0.39 is 11.7 Å².